The Morgan fingerprint density at radius 3 is 1.80 bits per heavy atom. The van der Waals surface area contributed by atoms with E-state index < -0.39 is 0 Å². The van der Waals surface area contributed by atoms with E-state index in [-0.39, 0.29) is 5.48 Å². The van der Waals surface area contributed by atoms with Gasteiger partial charge in [0.1, 0.15) is 5.52 Å². The fraction of sp³-hybridized carbons (Fsp3) is 0.105. The lowest BCUT2D eigenvalue weighted by molar-refractivity contribution is 0.824. The van der Waals surface area contributed by atoms with E-state index in [1.807, 2.05) is 107 Å². The molecule has 226 valence electrons. The topological polar surface area (TPSA) is 137 Å². The van der Waals surface area contributed by atoms with Gasteiger partial charge in [0.2, 0.25) is 0 Å². The molecule has 0 amide bonds. The quantitative estimate of drug-likeness (QED) is 0.168. The van der Waals surface area contributed by atoms with Gasteiger partial charge in [0, 0.05) is 83.1 Å². The molecule has 8 nitrogen and oxygen atoms in total. The van der Waals surface area contributed by atoms with Crippen LogP contribution in [0, 0.1) is 22.7 Å². The first-order chi connectivity index (χ1) is 21.8. The summed E-state index contributed by atoms with van der Waals surface area (Å²) in [6, 6.07) is 38.3. The van der Waals surface area contributed by atoms with E-state index >= 15 is 0 Å². The predicted octanol–water partition coefficient (Wildman–Crippen LogP) is 7.08. The Bertz CT molecular complexity index is 2330. The summed E-state index contributed by atoms with van der Waals surface area (Å²) >= 11 is 0. The molecule has 0 bridgehead atoms. The molecule has 0 aliphatic heterocycles. The third kappa shape index (κ3) is 5.57. The van der Waals surface area contributed by atoms with Crippen molar-refractivity contribution in [2.45, 2.75) is 0 Å². The van der Waals surface area contributed by atoms with Gasteiger partial charge in [-0.1, -0.05) is 60.7 Å². The maximum atomic E-state index is 9.29. The van der Waals surface area contributed by atoms with Gasteiger partial charge in [0.25, 0.3) is 0 Å². The predicted molar refractivity (Wildman–Crippen MR) is 190 cm³/mol. The Morgan fingerprint density at radius 2 is 1.13 bits per heavy atom. The second-order valence-electron chi connectivity index (χ2n) is 11.3. The minimum atomic E-state index is 0. The molecule has 0 aliphatic carbocycles. The third-order valence-electron chi connectivity index (χ3n) is 8.10. The van der Waals surface area contributed by atoms with Crippen molar-refractivity contribution in [2.24, 2.45) is 0 Å². The van der Waals surface area contributed by atoms with Gasteiger partial charge in [-0.05, 0) is 48.0 Å². The highest BCUT2D eigenvalue weighted by Crippen LogP contribution is 2.35. The summed E-state index contributed by atoms with van der Waals surface area (Å²) in [5, 5.41) is 33.1. The van der Waals surface area contributed by atoms with E-state index in [0.717, 1.165) is 65.9 Å². The fourth-order valence-corrected chi connectivity index (χ4v) is 5.66. The first-order valence-corrected chi connectivity index (χ1v) is 14.5. The van der Waals surface area contributed by atoms with Gasteiger partial charge in [-0.15, -0.1) is 10.2 Å². The van der Waals surface area contributed by atoms with Crippen LogP contribution >= 0.6 is 0 Å². The summed E-state index contributed by atoms with van der Waals surface area (Å²) in [4.78, 5) is 4.13. The van der Waals surface area contributed by atoms with Crippen molar-refractivity contribution in [1.29, 1.82) is 10.5 Å². The first kappa shape index (κ1) is 31.2. The highest BCUT2D eigenvalue weighted by atomic mass is 16.0. The molecule has 1 aromatic heterocycles. The van der Waals surface area contributed by atoms with Crippen LogP contribution < -0.4 is 15.5 Å². The molecule has 0 fully saturated rings. The summed E-state index contributed by atoms with van der Waals surface area (Å²) in [5.41, 5.74) is 14.4. The summed E-state index contributed by atoms with van der Waals surface area (Å²) in [6.45, 7) is 0. The van der Waals surface area contributed by atoms with Crippen molar-refractivity contribution in [2.75, 3.05) is 43.7 Å². The number of fused-ring (bicyclic) bond motifs is 6. The van der Waals surface area contributed by atoms with Gasteiger partial charge in [-0.25, -0.2) is 0 Å². The number of nitrogens with zero attached hydrogens (tertiary/aromatic N) is 6. The van der Waals surface area contributed by atoms with E-state index in [9.17, 15) is 10.5 Å². The molecule has 1 heterocycles. The number of anilines is 3. The average molecular weight is 604 g/mol. The SMILES string of the molecule is CN(C)c1ccc2nnc3c4cccc(C#N)c4ccc3c2c1.CN(C)c1cccc(-c2ccc3c(C#N)cccc3c2N)c1.O. The molecule has 0 aliphatic rings. The van der Waals surface area contributed by atoms with Gasteiger partial charge in [0.15, 0.2) is 0 Å². The summed E-state index contributed by atoms with van der Waals surface area (Å²) in [7, 11) is 8.07. The average Bonchev–Trinajstić information content (AvgIpc) is 3.07. The number of aromatic nitrogens is 2. The molecule has 0 radical (unpaired) electrons. The number of nitriles is 2. The minimum Gasteiger partial charge on any atom is -0.412 e. The normalized spacial score (nSPS) is 10.5. The Labute approximate surface area is 267 Å². The summed E-state index contributed by atoms with van der Waals surface area (Å²) in [6.07, 6.45) is 0. The molecule has 8 heteroatoms. The zero-order valence-electron chi connectivity index (χ0n) is 26.1. The lowest BCUT2D eigenvalue weighted by atomic mass is 9.96. The maximum absolute atomic E-state index is 9.29. The second kappa shape index (κ2) is 12.8. The summed E-state index contributed by atoms with van der Waals surface area (Å²) in [5.74, 6) is 0. The lowest BCUT2D eigenvalue weighted by Gasteiger charge is -2.15. The van der Waals surface area contributed by atoms with Crippen molar-refractivity contribution in [3.8, 4) is 23.3 Å². The molecule has 6 aromatic carbocycles. The number of rotatable bonds is 3. The zero-order valence-corrected chi connectivity index (χ0v) is 26.1. The molecule has 46 heavy (non-hydrogen) atoms. The van der Waals surface area contributed by atoms with Crippen molar-refractivity contribution in [1.82, 2.24) is 10.2 Å². The van der Waals surface area contributed by atoms with Crippen LogP contribution in [0.25, 0.3) is 54.5 Å². The Kier molecular flexibility index (Phi) is 8.68. The molecule has 0 saturated heterocycles. The van der Waals surface area contributed by atoms with Gasteiger partial charge in [-0.3, -0.25) is 0 Å². The number of nitrogen functional groups attached to an aromatic ring is 1. The molecule has 0 spiro atoms. The van der Waals surface area contributed by atoms with Crippen LogP contribution in [-0.4, -0.2) is 43.9 Å². The second-order valence-corrected chi connectivity index (χ2v) is 11.3. The summed E-state index contributed by atoms with van der Waals surface area (Å²) < 4.78 is 0. The van der Waals surface area contributed by atoms with Gasteiger partial charge in [-0.2, -0.15) is 10.5 Å². The molecular weight excluding hydrogens is 570 g/mol. The van der Waals surface area contributed by atoms with Crippen LogP contribution in [0.5, 0.6) is 0 Å². The van der Waals surface area contributed by atoms with Gasteiger partial charge >= 0.3 is 0 Å². The van der Waals surface area contributed by atoms with E-state index in [1.54, 1.807) is 0 Å². The molecule has 0 unspecified atom stereocenters. The minimum absolute atomic E-state index is 0. The molecule has 0 saturated carbocycles. The van der Waals surface area contributed by atoms with E-state index in [0.29, 0.717) is 16.8 Å². The van der Waals surface area contributed by atoms with E-state index in [4.69, 9.17) is 5.73 Å². The van der Waals surface area contributed by atoms with Crippen molar-refractivity contribution in [3.05, 3.63) is 114 Å². The van der Waals surface area contributed by atoms with Crippen LogP contribution in [-0.2, 0) is 0 Å². The highest BCUT2D eigenvalue weighted by Gasteiger charge is 2.11. The Morgan fingerprint density at radius 1 is 0.565 bits per heavy atom. The fourth-order valence-electron chi connectivity index (χ4n) is 5.66. The van der Waals surface area contributed by atoms with Crippen molar-refractivity contribution >= 4 is 60.4 Å². The standard InChI is InChI=1S/C19H14N4.C19H17N3.H2O/c1-23(2)13-6-9-18-17(10-13)16-8-7-14-12(11-20)4-3-5-15(14)19(16)22-21-18;1-22(2)15-7-3-5-13(11-15)17-10-9-16-14(12-20)6-4-8-18(16)19(17)21;/h3-10H,1-2H3;3-11H,21H2,1-2H3;1H2. The van der Waals surface area contributed by atoms with Crippen molar-refractivity contribution in [3.63, 3.8) is 0 Å². The van der Waals surface area contributed by atoms with Crippen LogP contribution in [0.4, 0.5) is 17.1 Å². The Balaban J connectivity index is 0.000000178. The molecule has 0 atom stereocenters. The lowest BCUT2D eigenvalue weighted by Crippen LogP contribution is -2.08. The first-order valence-electron chi connectivity index (χ1n) is 14.5. The zero-order chi connectivity index (χ0) is 31.7. The number of hydrogen-bond donors (Lipinski definition) is 1. The van der Waals surface area contributed by atoms with Crippen LogP contribution in [0.2, 0.25) is 0 Å². The van der Waals surface area contributed by atoms with Crippen molar-refractivity contribution < 1.29 is 5.48 Å². The van der Waals surface area contributed by atoms with Crippen LogP contribution in [0.15, 0.2) is 103 Å². The third-order valence-corrected chi connectivity index (χ3v) is 8.10. The molecule has 7 aromatic rings. The smallest absolute Gasteiger partial charge is 0.101 e. The monoisotopic (exact) mass is 603 g/mol. The largest absolute Gasteiger partial charge is 0.412 e. The van der Waals surface area contributed by atoms with Crippen LogP contribution in [0.3, 0.4) is 0 Å². The molecule has 7 rings (SSSR count). The van der Waals surface area contributed by atoms with Gasteiger partial charge < -0.3 is 21.0 Å². The van der Waals surface area contributed by atoms with E-state index in [1.165, 1.54) is 0 Å². The van der Waals surface area contributed by atoms with Crippen LogP contribution in [0.1, 0.15) is 11.1 Å². The van der Waals surface area contributed by atoms with E-state index in [2.05, 4.69) is 56.4 Å². The highest BCUT2D eigenvalue weighted by molar-refractivity contribution is 6.15. The number of hydrogen-bond acceptors (Lipinski definition) is 7. The Hall–Kier alpha value is -6.22. The maximum Gasteiger partial charge on any atom is 0.101 e. The van der Waals surface area contributed by atoms with Gasteiger partial charge in [0.05, 0.1) is 28.8 Å². The number of nitrogens with two attached hydrogens (primary N) is 1. The molecule has 4 N–H and O–H groups in total. The molecular formula is C38H33N7O. The number of benzene rings is 6.